The van der Waals surface area contributed by atoms with E-state index in [1.54, 1.807) is 20.8 Å². The summed E-state index contributed by atoms with van der Waals surface area (Å²) in [5.74, 6) is -4.91. The van der Waals surface area contributed by atoms with Crippen molar-refractivity contribution in [1.29, 1.82) is 0 Å². The first-order valence-corrected chi connectivity index (χ1v) is 25.0. The number of rotatable bonds is 34. The monoisotopic (exact) mass is 975 g/mol. The summed E-state index contributed by atoms with van der Waals surface area (Å²) in [6.07, 6.45) is 15.1. The van der Waals surface area contributed by atoms with Crippen molar-refractivity contribution >= 4 is 42.0 Å². The van der Waals surface area contributed by atoms with Crippen LogP contribution in [0.5, 0.6) is 11.5 Å². The van der Waals surface area contributed by atoms with Gasteiger partial charge in [-0.05, 0) is 56.9 Å². The Kier molecular flexibility index (Phi) is 28.4. The van der Waals surface area contributed by atoms with Crippen molar-refractivity contribution in [1.82, 2.24) is 0 Å². The molecule has 0 aliphatic carbocycles. The van der Waals surface area contributed by atoms with Crippen molar-refractivity contribution in [2.24, 2.45) is 23.7 Å². The van der Waals surface area contributed by atoms with Crippen molar-refractivity contribution in [3.05, 3.63) is 33.9 Å². The predicted octanol–water partition coefficient (Wildman–Crippen LogP) is 11.0. The first-order chi connectivity index (χ1) is 32.8. The third kappa shape index (κ3) is 22.0. The second-order valence-corrected chi connectivity index (χ2v) is 18.5. The minimum absolute atomic E-state index is 0.0496. The van der Waals surface area contributed by atoms with Crippen LogP contribution in [0.25, 0.3) is 0 Å². The van der Waals surface area contributed by atoms with Crippen molar-refractivity contribution in [3.63, 3.8) is 0 Å². The number of carbonyl (C=O) groups excluding carboxylic acids is 7. The second kappa shape index (κ2) is 32.6. The van der Waals surface area contributed by atoms with Gasteiger partial charge in [0, 0.05) is 37.8 Å². The van der Waals surface area contributed by atoms with Gasteiger partial charge in [-0.15, -0.1) is 0 Å². The summed E-state index contributed by atoms with van der Waals surface area (Å²) in [7, 11) is 2.77. The molecule has 0 amide bonds. The lowest BCUT2D eigenvalue weighted by molar-refractivity contribution is -0.173. The first-order valence-electron chi connectivity index (χ1n) is 25.0. The zero-order valence-electron chi connectivity index (χ0n) is 43.4. The average molecular weight is 975 g/mol. The molecule has 1 aliphatic rings. The number of hydrogen-bond acceptors (Lipinski definition) is 16. The molecule has 390 valence electrons. The Balaban J connectivity index is 1.91. The number of carbonyl (C=O) groups is 7. The molecule has 0 fully saturated rings. The number of methoxy groups -OCH3 is 2. The molecule has 0 saturated heterocycles. The zero-order chi connectivity index (χ0) is 51.5. The molecule has 1 aromatic rings. The highest BCUT2D eigenvalue weighted by atomic mass is 16.8. The Labute approximate surface area is 410 Å². The van der Waals surface area contributed by atoms with Gasteiger partial charge in [0.15, 0.2) is 11.9 Å². The van der Waals surface area contributed by atoms with Crippen LogP contribution in [0.4, 0.5) is 4.79 Å². The molecular formula is C53H82O16. The standard InChI is InChI=1S/C53H82O16/c1-12-13-14-15-16-17-18-19-20-21-22-23-24-25-46(56)64-32-42(31-63-40(8)54)68-51(58)38(6)36(4)30-35(3)37(5)50(57)66-41(9)67-53(60)69-49-43(28-26-34(2)27-29-45(55)61-10)48(62-11)39(7)44-33-65-52(59)47(44)49/h26,35-38,41-42H,12-25,27-33H2,1-11H3/b34-26+. The molecule has 6 unspecified atom stereocenters. The number of allylic oxidation sites excluding steroid dienone is 2. The van der Waals surface area contributed by atoms with Crippen LogP contribution in [0.3, 0.4) is 0 Å². The average Bonchev–Trinajstić information content (AvgIpc) is 3.71. The van der Waals surface area contributed by atoms with Crippen LogP contribution in [0.1, 0.15) is 192 Å². The molecule has 0 bridgehead atoms. The maximum absolute atomic E-state index is 13.3. The van der Waals surface area contributed by atoms with Crippen LogP contribution in [-0.2, 0) is 70.2 Å². The van der Waals surface area contributed by atoms with Crippen LogP contribution in [-0.4, -0.2) is 81.8 Å². The van der Waals surface area contributed by atoms with E-state index >= 15 is 0 Å². The molecule has 69 heavy (non-hydrogen) atoms. The summed E-state index contributed by atoms with van der Waals surface area (Å²) in [5.41, 5.74) is 2.40. The van der Waals surface area contributed by atoms with Crippen LogP contribution >= 0.6 is 0 Å². The lowest BCUT2D eigenvalue weighted by Gasteiger charge is -2.27. The molecule has 1 aromatic carbocycles. The quantitative estimate of drug-likeness (QED) is 0.0157. The summed E-state index contributed by atoms with van der Waals surface area (Å²) in [5, 5.41) is 0. The number of unbranched alkanes of at least 4 members (excludes halogenated alkanes) is 12. The fourth-order valence-electron chi connectivity index (χ4n) is 8.04. The Morgan fingerprint density at radius 3 is 1.77 bits per heavy atom. The van der Waals surface area contributed by atoms with E-state index in [0.29, 0.717) is 41.7 Å². The van der Waals surface area contributed by atoms with Crippen molar-refractivity contribution in [2.45, 2.75) is 197 Å². The Bertz CT molecular complexity index is 1850. The molecule has 16 nitrogen and oxygen atoms in total. The number of cyclic esters (lactones) is 1. The van der Waals surface area contributed by atoms with Gasteiger partial charge < -0.3 is 42.6 Å². The molecule has 0 N–H and O–H groups in total. The molecular weight excluding hydrogens is 893 g/mol. The van der Waals surface area contributed by atoms with Gasteiger partial charge in [0.1, 0.15) is 31.1 Å². The molecule has 6 atom stereocenters. The predicted molar refractivity (Wildman–Crippen MR) is 257 cm³/mol. The fourth-order valence-corrected chi connectivity index (χ4v) is 8.04. The minimum atomic E-state index is -1.39. The molecule has 0 saturated carbocycles. The van der Waals surface area contributed by atoms with Gasteiger partial charge in [-0.2, -0.15) is 0 Å². The van der Waals surface area contributed by atoms with Crippen LogP contribution in [0.2, 0.25) is 0 Å². The highest BCUT2D eigenvalue weighted by Crippen LogP contribution is 2.43. The molecule has 1 aliphatic heterocycles. The summed E-state index contributed by atoms with van der Waals surface area (Å²) < 4.78 is 48.4. The Morgan fingerprint density at radius 1 is 0.667 bits per heavy atom. The van der Waals surface area contributed by atoms with Crippen molar-refractivity contribution in [2.75, 3.05) is 27.4 Å². The number of hydrogen-bond donors (Lipinski definition) is 0. The SMILES string of the molecule is CCCCCCCCCCCCCCCC(=O)OCC(COC(C)=O)OC(=O)C(C)C(C)CC(C)C(C)C(=O)OC(C)OC(=O)Oc1c(C/C=C(\C)CCC(=O)OC)c(OC)c(C)c2c1C(=O)OC2. The van der Waals surface area contributed by atoms with Crippen molar-refractivity contribution in [3.8, 4) is 11.5 Å². The molecule has 1 heterocycles. The van der Waals surface area contributed by atoms with Gasteiger partial charge in [-0.25, -0.2) is 9.59 Å². The molecule has 0 spiro atoms. The smallest absolute Gasteiger partial charge is 0.496 e. The van der Waals surface area contributed by atoms with Crippen LogP contribution < -0.4 is 9.47 Å². The maximum atomic E-state index is 13.3. The number of benzene rings is 1. The Hall–Kier alpha value is -5.15. The van der Waals surface area contributed by atoms with Gasteiger partial charge >= 0.3 is 42.0 Å². The largest absolute Gasteiger partial charge is 0.516 e. The first kappa shape index (κ1) is 60.0. The molecule has 2 rings (SSSR count). The van der Waals surface area contributed by atoms with Gasteiger partial charge in [0.2, 0.25) is 6.29 Å². The van der Waals surface area contributed by atoms with Crippen molar-refractivity contribution < 1.29 is 76.2 Å². The fraction of sp³-hybridized carbons (Fsp3) is 0.717. The third-order valence-electron chi connectivity index (χ3n) is 12.8. The minimum Gasteiger partial charge on any atom is -0.496 e. The zero-order valence-corrected chi connectivity index (χ0v) is 43.4. The highest BCUT2D eigenvalue weighted by molar-refractivity contribution is 5.99. The number of fused-ring (bicyclic) bond motifs is 1. The molecule has 16 heteroatoms. The summed E-state index contributed by atoms with van der Waals surface area (Å²) in [6.45, 7) is 14.9. The van der Waals surface area contributed by atoms with E-state index in [-0.39, 0.29) is 68.2 Å². The van der Waals surface area contributed by atoms with Gasteiger partial charge in [0.05, 0.1) is 26.1 Å². The van der Waals surface area contributed by atoms with E-state index in [1.165, 1.54) is 85.9 Å². The molecule has 0 aromatic heterocycles. The third-order valence-corrected chi connectivity index (χ3v) is 12.8. The van der Waals surface area contributed by atoms with E-state index in [2.05, 4.69) is 6.92 Å². The highest BCUT2D eigenvalue weighted by Gasteiger charge is 2.36. The maximum Gasteiger partial charge on any atom is 0.516 e. The second-order valence-electron chi connectivity index (χ2n) is 18.5. The van der Waals surface area contributed by atoms with Crippen LogP contribution in [0.15, 0.2) is 11.6 Å². The number of ether oxygens (including phenoxy) is 9. The Morgan fingerprint density at radius 2 is 1.22 bits per heavy atom. The van der Waals surface area contributed by atoms with E-state index in [1.807, 2.05) is 26.8 Å². The summed E-state index contributed by atoms with van der Waals surface area (Å²) in [4.78, 5) is 88.7. The van der Waals surface area contributed by atoms with E-state index in [0.717, 1.165) is 24.8 Å². The lowest BCUT2D eigenvalue weighted by atomic mass is 9.82. The summed E-state index contributed by atoms with van der Waals surface area (Å²) in [6, 6.07) is 0. The van der Waals surface area contributed by atoms with Gasteiger partial charge in [-0.1, -0.05) is 123 Å². The van der Waals surface area contributed by atoms with E-state index in [9.17, 15) is 33.6 Å². The van der Waals surface area contributed by atoms with E-state index in [4.69, 9.17) is 42.6 Å². The van der Waals surface area contributed by atoms with E-state index < -0.39 is 60.2 Å². The topological polar surface area (TPSA) is 203 Å². The van der Waals surface area contributed by atoms with Gasteiger partial charge in [-0.3, -0.25) is 24.0 Å². The van der Waals surface area contributed by atoms with Crippen LogP contribution in [0, 0.1) is 30.6 Å². The number of esters is 6. The lowest BCUT2D eigenvalue weighted by Crippen LogP contribution is -2.34. The molecule has 0 radical (unpaired) electrons. The normalized spacial score (nSPS) is 14.8. The summed E-state index contributed by atoms with van der Waals surface area (Å²) >= 11 is 0. The van der Waals surface area contributed by atoms with Gasteiger partial charge in [0.25, 0.3) is 0 Å².